The molecule has 0 fully saturated rings. The van der Waals surface area contributed by atoms with Gasteiger partial charge in [-0.15, -0.1) is 0 Å². The van der Waals surface area contributed by atoms with Gasteiger partial charge in [-0.05, 0) is 44.5 Å². The van der Waals surface area contributed by atoms with Crippen molar-refractivity contribution in [1.29, 1.82) is 0 Å². The van der Waals surface area contributed by atoms with Crippen LogP contribution in [0.25, 0.3) is 0 Å². The first-order chi connectivity index (χ1) is 7.59. The van der Waals surface area contributed by atoms with Gasteiger partial charge in [-0.1, -0.05) is 11.8 Å². The van der Waals surface area contributed by atoms with Gasteiger partial charge < -0.3 is 5.11 Å². The Morgan fingerprint density at radius 3 is 2.18 bits per heavy atom. The molecule has 0 spiro atoms. The highest BCUT2D eigenvalue weighted by atomic mass is 19.4. The smallest absolute Gasteiger partial charge is 0.378 e. The molecule has 0 bridgehead atoms. The van der Waals surface area contributed by atoms with Crippen molar-refractivity contribution in [3.63, 3.8) is 0 Å². The van der Waals surface area contributed by atoms with E-state index >= 15 is 0 Å². The number of aliphatic hydroxyl groups is 1. The standard InChI is InChI=1S/C13H13F3O/c1-9-8-11(13(14,15)16)5-4-10(9)6-7-12(2,3)17/h4-5,8,17H,1-3H3. The number of alkyl halides is 3. The Hall–Kier alpha value is -1.47. The van der Waals surface area contributed by atoms with Crippen LogP contribution < -0.4 is 0 Å². The van der Waals surface area contributed by atoms with Crippen molar-refractivity contribution in [2.45, 2.75) is 32.5 Å². The lowest BCUT2D eigenvalue weighted by Gasteiger charge is -2.09. The number of halogens is 3. The first-order valence-corrected chi connectivity index (χ1v) is 5.03. The number of aryl methyl sites for hydroxylation is 1. The van der Waals surface area contributed by atoms with Crippen molar-refractivity contribution >= 4 is 0 Å². The van der Waals surface area contributed by atoms with Gasteiger partial charge in [-0.2, -0.15) is 13.2 Å². The topological polar surface area (TPSA) is 20.2 Å². The Balaban J connectivity index is 3.10. The molecule has 0 saturated heterocycles. The minimum absolute atomic E-state index is 0.441. The van der Waals surface area contributed by atoms with Gasteiger partial charge in [0.25, 0.3) is 0 Å². The predicted molar refractivity (Wildman–Crippen MR) is 59.4 cm³/mol. The van der Waals surface area contributed by atoms with Crippen LogP contribution in [0.5, 0.6) is 0 Å². The molecule has 0 radical (unpaired) electrons. The zero-order valence-corrected chi connectivity index (χ0v) is 9.81. The van der Waals surface area contributed by atoms with E-state index in [2.05, 4.69) is 11.8 Å². The average molecular weight is 242 g/mol. The van der Waals surface area contributed by atoms with Crippen LogP contribution in [0.1, 0.15) is 30.5 Å². The molecule has 0 saturated carbocycles. The molecule has 1 aromatic rings. The van der Waals surface area contributed by atoms with E-state index in [0.717, 1.165) is 12.1 Å². The van der Waals surface area contributed by atoms with E-state index in [1.807, 2.05) is 0 Å². The van der Waals surface area contributed by atoms with Crippen molar-refractivity contribution in [1.82, 2.24) is 0 Å². The minimum atomic E-state index is -4.34. The van der Waals surface area contributed by atoms with Crippen LogP contribution >= 0.6 is 0 Å². The Kier molecular flexibility index (Phi) is 3.53. The number of hydrogen-bond acceptors (Lipinski definition) is 1. The van der Waals surface area contributed by atoms with E-state index in [0.29, 0.717) is 11.1 Å². The van der Waals surface area contributed by atoms with E-state index in [1.54, 1.807) is 6.92 Å². The molecule has 1 rings (SSSR count). The third-order valence-corrected chi connectivity index (χ3v) is 2.06. The lowest BCUT2D eigenvalue weighted by atomic mass is 10.0. The molecule has 0 amide bonds. The quantitative estimate of drug-likeness (QED) is 0.693. The van der Waals surface area contributed by atoms with Crippen molar-refractivity contribution in [3.05, 3.63) is 34.9 Å². The Bertz CT molecular complexity index is 470. The summed E-state index contributed by atoms with van der Waals surface area (Å²) in [4.78, 5) is 0. The molecule has 0 aromatic heterocycles. The molecule has 0 aliphatic carbocycles. The maximum Gasteiger partial charge on any atom is 0.416 e. The lowest BCUT2D eigenvalue weighted by Crippen LogP contribution is -2.14. The fourth-order valence-corrected chi connectivity index (χ4v) is 1.20. The summed E-state index contributed by atoms with van der Waals surface area (Å²) in [5.41, 5.74) is -0.921. The predicted octanol–water partition coefficient (Wildman–Crippen LogP) is 3.14. The fraction of sp³-hybridized carbons (Fsp3) is 0.385. The maximum absolute atomic E-state index is 12.4. The van der Waals surface area contributed by atoms with E-state index in [9.17, 15) is 18.3 Å². The highest BCUT2D eigenvalue weighted by Gasteiger charge is 2.30. The first kappa shape index (κ1) is 13.6. The van der Waals surface area contributed by atoms with Gasteiger partial charge in [0.15, 0.2) is 0 Å². The maximum atomic E-state index is 12.4. The average Bonchev–Trinajstić information content (AvgIpc) is 2.12. The Labute approximate surface area is 98.3 Å². The van der Waals surface area contributed by atoms with Gasteiger partial charge in [-0.25, -0.2) is 0 Å². The summed E-state index contributed by atoms with van der Waals surface area (Å²) in [6, 6.07) is 3.35. The summed E-state index contributed by atoms with van der Waals surface area (Å²) in [5.74, 6) is 5.23. The molecular weight excluding hydrogens is 229 g/mol. The Morgan fingerprint density at radius 2 is 1.76 bits per heavy atom. The van der Waals surface area contributed by atoms with Crippen molar-refractivity contribution in [2.24, 2.45) is 0 Å². The Morgan fingerprint density at radius 1 is 1.18 bits per heavy atom. The summed E-state index contributed by atoms with van der Waals surface area (Å²) in [6.45, 7) is 4.59. The van der Waals surface area contributed by atoms with Gasteiger partial charge in [0.2, 0.25) is 0 Å². The van der Waals surface area contributed by atoms with Crippen LogP contribution in [-0.2, 0) is 6.18 Å². The molecule has 0 atom stereocenters. The van der Waals surface area contributed by atoms with Gasteiger partial charge in [-0.3, -0.25) is 0 Å². The molecule has 0 heterocycles. The summed E-state index contributed by atoms with van der Waals surface area (Å²) in [5, 5.41) is 9.40. The highest BCUT2D eigenvalue weighted by Crippen LogP contribution is 2.30. The molecule has 0 aliphatic rings. The number of hydrogen-bond donors (Lipinski definition) is 1. The highest BCUT2D eigenvalue weighted by molar-refractivity contribution is 5.44. The normalized spacial score (nSPS) is 11.9. The molecule has 1 N–H and O–H groups in total. The summed E-state index contributed by atoms with van der Waals surface area (Å²) in [6.07, 6.45) is -4.34. The van der Waals surface area contributed by atoms with Gasteiger partial charge in [0.1, 0.15) is 5.60 Å². The molecule has 1 aromatic carbocycles. The SMILES string of the molecule is Cc1cc(C(F)(F)F)ccc1C#CC(C)(C)O. The van der Waals surface area contributed by atoms with E-state index in [-0.39, 0.29) is 0 Å². The molecule has 0 aliphatic heterocycles. The molecule has 92 valence electrons. The minimum Gasteiger partial charge on any atom is -0.378 e. The second kappa shape index (κ2) is 4.42. The zero-order chi connectivity index (χ0) is 13.3. The monoisotopic (exact) mass is 242 g/mol. The second-order valence-electron chi connectivity index (χ2n) is 4.34. The van der Waals surface area contributed by atoms with Crippen LogP contribution in [0.3, 0.4) is 0 Å². The van der Waals surface area contributed by atoms with Crippen molar-refractivity contribution < 1.29 is 18.3 Å². The van der Waals surface area contributed by atoms with Crippen LogP contribution in [0.4, 0.5) is 13.2 Å². The van der Waals surface area contributed by atoms with Crippen LogP contribution in [0.15, 0.2) is 18.2 Å². The van der Waals surface area contributed by atoms with Crippen LogP contribution in [0, 0.1) is 18.8 Å². The fourth-order valence-electron chi connectivity index (χ4n) is 1.20. The van der Waals surface area contributed by atoms with Gasteiger partial charge >= 0.3 is 6.18 Å². The first-order valence-electron chi connectivity index (χ1n) is 5.03. The van der Waals surface area contributed by atoms with E-state index in [1.165, 1.54) is 19.9 Å². The molecular formula is C13H13F3O. The zero-order valence-electron chi connectivity index (χ0n) is 9.81. The van der Waals surface area contributed by atoms with Crippen LogP contribution in [0.2, 0.25) is 0 Å². The van der Waals surface area contributed by atoms with E-state index < -0.39 is 17.3 Å². The largest absolute Gasteiger partial charge is 0.416 e. The second-order valence-corrected chi connectivity index (χ2v) is 4.34. The summed E-state index contributed by atoms with van der Waals surface area (Å²) < 4.78 is 37.2. The number of rotatable bonds is 0. The van der Waals surface area contributed by atoms with Crippen molar-refractivity contribution in [2.75, 3.05) is 0 Å². The third kappa shape index (κ3) is 4.12. The summed E-state index contributed by atoms with van der Waals surface area (Å²) >= 11 is 0. The molecule has 0 unspecified atom stereocenters. The van der Waals surface area contributed by atoms with E-state index in [4.69, 9.17) is 0 Å². The summed E-state index contributed by atoms with van der Waals surface area (Å²) in [7, 11) is 0. The van der Waals surface area contributed by atoms with Gasteiger partial charge in [0.05, 0.1) is 5.56 Å². The number of benzene rings is 1. The lowest BCUT2D eigenvalue weighted by molar-refractivity contribution is -0.137. The molecule has 1 nitrogen and oxygen atoms in total. The van der Waals surface area contributed by atoms with Gasteiger partial charge in [0, 0.05) is 5.56 Å². The molecule has 4 heteroatoms. The third-order valence-electron chi connectivity index (χ3n) is 2.06. The van der Waals surface area contributed by atoms with Crippen molar-refractivity contribution in [3.8, 4) is 11.8 Å². The van der Waals surface area contributed by atoms with Crippen LogP contribution in [-0.4, -0.2) is 10.7 Å². The molecule has 17 heavy (non-hydrogen) atoms.